The average molecular weight is 261 g/mol. The van der Waals surface area contributed by atoms with Crippen LogP contribution in [-0.2, 0) is 11.3 Å². The molecule has 0 spiro atoms. The van der Waals surface area contributed by atoms with E-state index in [2.05, 4.69) is 5.32 Å². The molecule has 98 valence electrons. The summed E-state index contributed by atoms with van der Waals surface area (Å²) in [5.74, 6) is -0.826. The molecule has 1 amide bonds. The van der Waals surface area contributed by atoms with Crippen LogP contribution in [0.5, 0.6) is 0 Å². The second kappa shape index (κ2) is 5.34. The predicted molar refractivity (Wildman–Crippen MR) is 70.1 cm³/mol. The highest BCUT2D eigenvalue weighted by Gasteiger charge is 2.05. The molecule has 0 aliphatic carbocycles. The van der Waals surface area contributed by atoms with Gasteiger partial charge in [0.1, 0.15) is 12.4 Å². The van der Waals surface area contributed by atoms with Gasteiger partial charge in [0.2, 0.25) is 5.91 Å². The van der Waals surface area contributed by atoms with Gasteiger partial charge in [0.25, 0.3) is 0 Å². The minimum Gasteiger partial charge on any atom is -0.396 e. The molecular formula is C13H12FN3O2. The third kappa shape index (κ3) is 3.41. The Hall–Kier alpha value is -2.63. The van der Waals surface area contributed by atoms with Gasteiger partial charge in [-0.2, -0.15) is 0 Å². The van der Waals surface area contributed by atoms with Gasteiger partial charge in [-0.05, 0) is 18.2 Å². The fraction of sp³-hybridized carbons (Fsp3) is 0.0769. The van der Waals surface area contributed by atoms with Crippen LogP contribution in [0.25, 0.3) is 0 Å². The summed E-state index contributed by atoms with van der Waals surface area (Å²) in [6, 6.07) is 6.68. The molecule has 0 saturated carbocycles. The Balaban J connectivity index is 2.03. The van der Waals surface area contributed by atoms with Crippen molar-refractivity contribution in [1.82, 2.24) is 4.57 Å². The van der Waals surface area contributed by atoms with Crippen molar-refractivity contribution in [3.05, 3.63) is 58.8 Å². The number of nitrogens with zero attached hydrogens (tertiary/aromatic N) is 1. The van der Waals surface area contributed by atoms with E-state index in [1.807, 2.05) is 0 Å². The lowest BCUT2D eigenvalue weighted by atomic mass is 10.2. The first kappa shape index (κ1) is 12.8. The van der Waals surface area contributed by atoms with Crippen molar-refractivity contribution in [3.8, 4) is 0 Å². The maximum absolute atomic E-state index is 12.9. The molecule has 0 aliphatic rings. The minimum atomic E-state index is -0.529. The van der Waals surface area contributed by atoms with Crippen molar-refractivity contribution in [2.45, 2.75) is 6.54 Å². The van der Waals surface area contributed by atoms with Crippen LogP contribution < -0.4 is 16.5 Å². The van der Waals surface area contributed by atoms with Gasteiger partial charge in [-0.1, -0.05) is 0 Å². The smallest absolute Gasteiger partial charge is 0.244 e. The molecule has 0 atom stereocenters. The maximum atomic E-state index is 12.9. The Morgan fingerprint density at radius 2 is 1.95 bits per heavy atom. The third-order valence-electron chi connectivity index (χ3n) is 2.47. The van der Waals surface area contributed by atoms with E-state index < -0.39 is 5.82 Å². The number of hydrogen-bond acceptors (Lipinski definition) is 3. The molecule has 3 N–H and O–H groups in total. The molecule has 1 aromatic heterocycles. The predicted octanol–water partition coefficient (Wildman–Crippen LogP) is 1.21. The lowest BCUT2D eigenvalue weighted by molar-refractivity contribution is -0.116. The van der Waals surface area contributed by atoms with Crippen LogP contribution in [0.3, 0.4) is 0 Å². The third-order valence-corrected chi connectivity index (χ3v) is 2.47. The fourth-order valence-electron chi connectivity index (χ4n) is 1.54. The van der Waals surface area contributed by atoms with Crippen LogP contribution in [0, 0.1) is 5.82 Å². The van der Waals surface area contributed by atoms with E-state index in [9.17, 15) is 14.0 Å². The average Bonchev–Trinajstić information content (AvgIpc) is 2.37. The highest BCUT2D eigenvalue weighted by atomic mass is 19.1. The number of benzene rings is 1. The van der Waals surface area contributed by atoms with Gasteiger partial charge in [-0.25, -0.2) is 4.39 Å². The molecule has 0 unspecified atom stereocenters. The zero-order valence-electron chi connectivity index (χ0n) is 9.97. The van der Waals surface area contributed by atoms with Gasteiger partial charge in [0.05, 0.1) is 5.69 Å². The number of nitrogen functional groups attached to an aromatic ring is 1. The number of halogens is 1. The quantitative estimate of drug-likeness (QED) is 0.815. The first-order chi connectivity index (χ1) is 9.04. The van der Waals surface area contributed by atoms with Crippen molar-refractivity contribution in [2.24, 2.45) is 0 Å². The largest absolute Gasteiger partial charge is 0.396 e. The zero-order chi connectivity index (χ0) is 13.8. The number of hydrogen-bond donors (Lipinski definition) is 2. The van der Waals surface area contributed by atoms with E-state index in [-0.39, 0.29) is 23.6 Å². The first-order valence-corrected chi connectivity index (χ1v) is 5.55. The first-order valence-electron chi connectivity index (χ1n) is 5.55. The molecule has 2 aromatic rings. The molecule has 1 heterocycles. The highest BCUT2D eigenvalue weighted by Crippen LogP contribution is 2.16. The molecule has 0 bridgehead atoms. The highest BCUT2D eigenvalue weighted by molar-refractivity contribution is 5.91. The number of pyridine rings is 1. The lowest BCUT2D eigenvalue weighted by Crippen LogP contribution is -2.19. The normalized spacial score (nSPS) is 10.2. The van der Waals surface area contributed by atoms with Crippen molar-refractivity contribution >= 4 is 17.3 Å². The lowest BCUT2D eigenvalue weighted by Gasteiger charge is -2.08. The second-order valence-electron chi connectivity index (χ2n) is 3.99. The van der Waals surface area contributed by atoms with Crippen LogP contribution in [0.2, 0.25) is 0 Å². The summed E-state index contributed by atoms with van der Waals surface area (Å²) in [6.07, 6.45) is 3.03. The Labute approximate surface area is 108 Å². The number of nitrogens with one attached hydrogen (secondary N) is 1. The molecule has 0 saturated heterocycles. The number of carbonyl (C=O) groups is 1. The maximum Gasteiger partial charge on any atom is 0.244 e. The van der Waals surface area contributed by atoms with Crippen LogP contribution >= 0.6 is 0 Å². The molecule has 0 aliphatic heterocycles. The summed E-state index contributed by atoms with van der Waals surface area (Å²) in [7, 11) is 0. The van der Waals surface area contributed by atoms with Gasteiger partial charge in [-0.15, -0.1) is 0 Å². The van der Waals surface area contributed by atoms with Gasteiger partial charge in [-0.3, -0.25) is 9.59 Å². The van der Waals surface area contributed by atoms with Crippen molar-refractivity contribution in [2.75, 3.05) is 11.1 Å². The van der Waals surface area contributed by atoms with Crippen molar-refractivity contribution < 1.29 is 9.18 Å². The monoisotopic (exact) mass is 261 g/mol. The van der Waals surface area contributed by atoms with E-state index in [4.69, 9.17) is 5.73 Å². The summed E-state index contributed by atoms with van der Waals surface area (Å²) in [4.78, 5) is 22.6. The second-order valence-corrected chi connectivity index (χ2v) is 3.99. The summed E-state index contributed by atoms with van der Waals surface area (Å²) in [5.41, 5.74) is 5.67. The van der Waals surface area contributed by atoms with Crippen LogP contribution in [0.15, 0.2) is 47.5 Å². The van der Waals surface area contributed by atoms with E-state index in [0.29, 0.717) is 5.69 Å². The number of aromatic nitrogens is 1. The number of amides is 1. The number of carbonyl (C=O) groups excluding carboxylic acids is 1. The van der Waals surface area contributed by atoms with E-state index >= 15 is 0 Å². The molecule has 0 fully saturated rings. The summed E-state index contributed by atoms with van der Waals surface area (Å²) in [6.45, 7) is 0.0531. The van der Waals surface area contributed by atoms with Crippen LogP contribution in [0.4, 0.5) is 15.8 Å². The van der Waals surface area contributed by atoms with Gasteiger partial charge in [0, 0.05) is 30.2 Å². The number of rotatable bonds is 3. The minimum absolute atomic E-state index is 0.0267. The molecule has 2 rings (SSSR count). The Kier molecular flexibility index (Phi) is 3.61. The molecule has 6 heteroatoms. The SMILES string of the molecule is Nc1cc(NC(=O)Cn2ccc(=O)cc2)ccc1F. The van der Waals surface area contributed by atoms with Crippen LogP contribution in [0.1, 0.15) is 0 Å². The standard InChI is InChI=1S/C13H12FN3O2/c14-11-2-1-9(7-12(11)15)16-13(19)8-17-5-3-10(18)4-6-17/h1-7H,8,15H2,(H,16,19). The van der Waals surface area contributed by atoms with Crippen molar-refractivity contribution in [1.29, 1.82) is 0 Å². The molecule has 5 nitrogen and oxygen atoms in total. The number of anilines is 2. The Bertz CT molecular complexity index is 647. The fourth-order valence-corrected chi connectivity index (χ4v) is 1.54. The van der Waals surface area contributed by atoms with Crippen LogP contribution in [-0.4, -0.2) is 10.5 Å². The van der Waals surface area contributed by atoms with Gasteiger partial charge in [0.15, 0.2) is 5.43 Å². The van der Waals surface area contributed by atoms with Gasteiger partial charge >= 0.3 is 0 Å². The summed E-state index contributed by atoms with van der Waals surface area (Å²) < 4.78 is 14.5. The topological polar surface area (TPSA) is 77.1 Å². The molecule has 0 radical (unpaired) electrons. The zero-order valence-corrected chi connectivity index (χ0v) is 9.97. The Morgan fingerprint density at radius 3 is 2.58 bits per heavy atom. The molecule has 1 aromatic carbocycles. The number of nitrogens with two attached hydrogens (primary N) is 1. The van der Waals surface area contributed by atoms with Crippen molar-refractivity contribution in [3.63, 3.8) is 0 Å². The van der Waals surface area contributed by atoms with Gasteiger partial charge < -0.3 is 15.6 Å². The van der Waals surface area contributed by atoms with E-state index in [0.717, 1.165) is 0 Å². The summed E-state index contributed by atoms with van der Waals surface area (Å²) >= 11 is 0. The van der Waals surface area contributed by atoms with E-state index in [1.54, 1.807) is 4.57 Å². The van der Waals surface area contributed by atoms with E-state index in [1.165, 1.54) is 42.7 Å². The summed E-state index contributed by atoms with van der Waals surface area (Å²) in [5, 5.41) is 2.59. The Morgan fingerprint density at radius 1 is 1.26 bits per heavy atom. The molecular weight excluding hydrogens is 249 g/mol. The molecule has 19 heavy (non-hydrogen) atoms.